The lowest BCUT2D eigenvalue weighted by atomic mass is 10.3. The minimum absolute atomic E-state index is 0.562. The first kappa shape index (κ1) is 91.5. The van der Waals surface area contributed by atoms with Gasteiger partial charge < -0.3 is 0 Å². The number of hydrogen-bond donors (Lipinski definition) is 0. The predicted molar refractivity (Wildman–Crippen MR) is 470 cm³/mol. The van der Waals surface area contributed by atoms with Gasteiger partial charge in [0.05, 0.1) is 82.3 Å². The molecule has 0 amide bonds. The third kappa shape index (κ3) is 33.5. The van der Waals surface area contributed by atoms with E-state index in [9.17, 15) is 0 Å². The highest BCUT2D eigenvalue weighted by Crippen LogP contribution is 2.62. The molecule has 0 N–H and O–H groups in total. The topological polar surface area (TPSA) is 17.4 Å². The molecule has 4 nitrogen and oxygen atoms in total. The standard InChI is InChI=1S/C24H20P.C22H24P.C18H32P.C16H36P.4C3H6N/c1-5-13-21(14-6-1)25(22-15-7-2-8-16-22,23-17-9-3-10-18-23)24-19-11-4-12-20-24;1-2-3-19-23(20-13-7-4-8-14-20,21-15-9-5-10-16-21)22-17-11-6-12-18-22;1-4-7-15-19(16-8-5-2,17-9-6-3)18-13-11-10-12-14-18;1-5-9-13-17(14-10-6-2,15-11-7-3)16-12-8-4;4*1-3-4-2/h1-20H;4-18H,2-3,19H2,1H3;10-14H,4-9,15-17H2,1-3H3;5-16H2,1-4H3;4*1-2H3/q8*+1. The lowest BCUT2D eigenvalue weighted by molar-refractivity contribution is 0.814. The SMILES string of the molecule is CC#[N+]C.CC#[N+]C.CC#[N+]C.CC#[N+]C.CCCC[P+](CCCC)(CCCC)CCCC.CCCC[P+](CCCC)(CCCC)c1ccccc1.CCCC[P+](c1ccccc1)(c1ccccc1)c1ccccc1.c1ccc([P+](c2ccccc2)(c2ccccc2)c2ccccc2)cc1. The molecule has 0 heterocycles. The fourth-order valence-corrected chi connectivity index (χ4v) is 31.3. The van der Waals surface area contributed by atoms with Crippen molar-refractivity contribution in [3.63, 3.8) is 0 Å². The molecule has 8 aromatic rings. The number of unbranched alkanes of at least 4 members (excludes halogenated alkanes) is 8. The second-order valence-electron chi connectivity index (χ2n) is 25.1. The van der Waals surface area contributed by atoms with Gasteiger partial charge in [-0.2, -0.15) is 0 Å². The van der Waals surface area contributed by atoms with Crippen LogP contribution in [0.25, 0.3) is 19.4 Å². The Hall–Kier alpha value is -6.56. The molecule has 8 aromatic carbocycles. The largest absolute Gasteiger partial charge is 0.269 e. The average molecular weight is 1420 g/mol. The number of nitrogens with zero attached hydrogens (tertiary/aromatic N) is 4. The number of benzene rings is 8. The molecule has 0 aliphatic heterocycles. The third-order valence-electron chi connectivity index (χ3n) is 18.0. The van der Waals surface area contributed by atoms with Crippen LogP contribution in [0.1, 0.15) is 186 Å². The summed E-state index contributed by atoms with van der Waals surface area (Å²) < 4.78 is 0. The normalized spacial score (nSPS) is 10.2. The molecule has 0 radical (unpaired) electrons. The van der Waals surface area contributed by atoms with Crippen molar-refractivity contribution in [2.24, 2.45) is 0 Å². The minimum atomic E-state index is -1.91. The molecule has 0 aliphatic rings. The maximum Gasteiger partial charge on any atom is 0.269 e. The molecule has 0 saturated heterocycles. The van der Waals surface area contributed by atoms with E-state index in [0.29, 0.717) is 0 Å². The summed E-state index contributed by atoms with van der Waals surface area (Å²) in [5, 5.41) is 11.7. The molecule has 100 heavy (non-hydrogen) atoms. The van der Waals surface area contributed by atoms with Crippen LogP contribution in [-0.4, -0.2) is 77.5 Å². The van der Waals surface area contributed by atoms with Crippen LogP contribution in [0.3, 0.4) is 0 Å². The summed E-state index contributed by atoms with van der Waals surface area (Å²) in [6.45, 7) is 25.8. The van der Waals surface area contributed by atoms with Gasteiger partial charge in [0.2, 0.25) is 0 Å². The Kier molecular flexibility index (Phi) is 54.9. The van der Waals surface area contributed by atoms with Crippen molar-refractivity contribution in [1.29, 1.82) is 0 Å². The van der Waals surface area contributed by atoms with Gasteiger partial charge in [0, 0.05) is 14.5 Å². The molecule has 0 bridgehead atoms. The lowest BCUT2D eigenvalue weighted by Crippen LogP contribution is -2.38. The van der Waals surface area contributed by atoms with E-state index in [4.69, 9.17) is 0 Å². The van der Waals surface area contributed by atoms with E-state index in [0.717, 1.165) is 0 Å². The molecule has 536 valence electrons. The summed E-state index contributed by atoms with van der Waals surface area (Å²) in [6.07, 6.45) is 34.4. The van der Waals surface area contributed by atoms with E-state index in [-0.39, 0.29) is 0 Å². The molecular formula is C92H136N4P4+8. The van der Waals surface area contributed by atoms with Crippen molar-refractivity contribution < 1.29 is 0 Å². The molecular weight excluding hydrogens is 1280 g/mol. The molecule has 8 heteroatoms. The van der Waals surface area contributed by atoms with Gasteiger partial charge in [0.25, 0.3) is 52.5 Å². The van der Waals surface area contributed by atoms with E-state index < -0.39 is 29.0 Å². The van der Waals surface area contributed by atoms with Gasteiger partial charge in [0.1, 0.15) is 51.7 Å². The summed E-state index contributed by atoms with van der Waals surface area (Å²) in [7, 11) is 1.84. The maximum absolute atomic E-state index is 3.49. The molecule has 0 atom stereocenters. The van der Waals surface area contributed by atoms with Gasteiger partial charge in [-0.1, -0.05) is 272 Å². The van der Waals surface area contributed by atoms with Gasteiger partial charge in [-0.15, -0.1) is 0 Å². The van der Waals surface area contributed by atoms with Gasteiger partial charge in [-0.25, -0.2) is 0 Å². The Morgan fingerprint density at radius 3 is 0.560 bits per heavy atom. The van der Waals surface area contributed by atoms with Gasteiger partial charge >= 0.3 is 0 Å². The Balaban J connectivity index is 0.000000625. The number of rotatable bonds is 32. The summed E-state index contributed by atoms with van der Waals surface area (Å²) in [4.78, 5) is 13.9. The second kappa shape index (κ2) is 60.1. The molecule has 0 aromatic heterocycles. The van der Waals surface area contributed by atoms with E-state index in [1.54, 1.807) is 85.8 Å². The fourth-order valence-electron chi connectivity index (χ4n) is 12.3. The summed E-state index contributed by atoms with van der Waals surface area (Å²) in [5.41, 5.74) is 0. The van der Waals surface area contributed by atoms with Crippen LogP contribution in [0.5, 0.6) is 0 Å². The van der Waals surface area contributed by atoms with Crippen LogP contribution in [0.15, 0.2) is 243 Å². The maximum atomic E-state index is 3.49. The second-order valence-corrected chi connectivity index (χ2v) is 40.7. The summed E-state index contributed by atoms with van der Waals surface area (Å²) in [5.74, 6) is 0. The number of hydrogen-bond acceptors (Lipinski definition) is 0. The van der Waals surface area contributed by atoms with Gasteiger partial charge in [-0.3, -0.25) is 0 Å². The van der Waals surface area contributed by atoms with E-state index in [2.05, 4.69) is 342 Å². The van der Waals surface area contributed by atoms with Crippen LogP contribution in [0.4, 0.5) is 0 Å². The lowest BCUT2D eigenvalue weighted by Gasteiger charge is -2.28. The zero-order valence-electron chi connectivity index (χ0n) is 65.6. The summed E-state index contributed by atoms with van der Waals surface area (Å²) in [6, 6.07) is 98.9. The van der Waals surface area contributed by atoms with Crippen LogP contribution in [0, 0.1) is 24.3 Å². The highest BCUT2D eigenvalue weighted by molar-refractivity contribution is 8.01. The van der Waals surface area contributed by atoms with Crippen LogP contribution >= 0.6 is 29.0 Å². The quantitative estimate of drug-likeness (QED) is 0.0374. The fraction of sp³-hybridized carbons (Fsp3) is 0.435. The van der Waals surface area contributed by atoms with Gasteiger partial charge in [0.15, 0.2) is 0 Å². The molecule has 0 unspecified atom stereocenters. The van der Waals surface area contributed by atoms with E-state index >= 15 is 0 Å². The van der Waals surface area contributed by atoms with Crippen molar-refractivity contribution in [2.75, 3.05) is 77.5 Å². The predicted octanol–water partition coefficient (Wildman–Crippen LogP) is 24.9. The first-order valence-electron chi connectivity index (χ1n) is 37.9. The highest BCUT2D eigenvalue weighted by atomic mass is 31.2. The van der Waals surface area contributed by atoms with E-state index in [1.807, 2.05) is 0 Å². The monoisotopic (exact) mass is 1420 g/mol. The van der Waals surface area contributed by atoms with Crippen molar-refractivity contribution in [3.8, 4) is 24.3 Å². The van der Waals surface area contributed by atoms with Crippen molar-refractivity contribution in [2.45, 2.75) is 186 Å². The molecule has 0 saturated carbocycles. The van der Waals surface area contributed by atoms with Crippen molar-refractivity contribution in [1.82, 2.24) is 0 Å². The van der Waals surface area contributed by atoms with Crippen molar-refractivity contribution in [3.05, 3.63) is 262 Å². The molecule has 0 aliphatic carbocycles. The average Bonchev–Trinajstić information content (AvgIpc) is 0.753. The smallest absolute Gasteiger partial charge is 0.0873 e. The molecule has 0 fully saturated rings. The summed E-state index contributed by atoms with van der Waals surface area (Å²) >= 11 is 0. The Morgan fingerprint density at radius 1 is 0.220 bits per heavy atom. The van der Waals surface area contributed by atoms with Crippen molar-refractivity contribution >= 4 is 71.5 Å². The zero-order valence-corrected chi connectivity index (χ0v) is 69.2. The molecule has 8 rings (SSSR count). The van der Waals surface area contributed by atoms with Gasteiger partial charge in [-0.05, 0) is 148 Å². The zero-order chi connectivity index (χ0) is 73.5. The highest BCUT2D eigenvalue weighted by Gasteiger charge is 2.48. The first-order chi connectivity index (χ1) is 49.0. The van der Waals surface area contributed by atoms with Crippen LogP contribution in [-0.2, 0) is 0 Å². The third-order valence-corrected chi connectivity index (χ3v) is 36.8. The molecule has 0 spiro atoms. The Bertz CT molecular complexity index is 3020. The minimum Gasteiger partial charge on any atom is -0.0873 e. The van der Waals surface area contributed by atoms with E-state index in [1.165, 1.54) is 165 Å². The first-order valence-corrected chi connectivity index (χ1v) is 46.6. The Morgan fingerprint density at radius 2 is 0.380 bits per heavy atom. The van der Waals surface area contributed by atoms with Crippen LogP contribution in [0.2, 0.25) is 0 Å². The Labute approximate surface area is 617 Å². The van der Waals surface area contributed by atoms with Crippen LogP contribution < -0.4 is 42.4 Å².